The Balaban J connectivity index is 1.65. The summed E-state index contributed by atoms with van der Waals surface area (Å²) < 4.78 is 0. The van der Waals surface area contributed by atoms with Gasteiger partial charge >= 0.3 is 0 Å². The van der Waals surface area contributed by atoms with E-state index >= 15 is 0 Å². The van der Waals surface area contributed by atoms with E-state index in [-0.39, 0.29) is 0 Å². The minimum absolute atomic E-state index is 1.28. The Hall–Kier alpha value is -3.38. The number of aryl methyl sites for hydroxylation is 1. The van der Waals surface area contributed by atoms with Gasteiger partial charge in [-0.05, 0) is 67.9 Å². The summed E-state index contributed by atoms with van der Waals surface area (Å²) in [6, 6.07) is 33.5. The van der Waals surface area contributed by atoms with E-state index < -0.39 is 0 Å². The van der Waals surface area contributed by atoms with Crippen LogP contribution >= 0.6 is 0 Å². The van der Waals surface area contributed by atoms with Crippen LogP contribution in [0.2, 0.25) is 0 Å². The van der Waals surface area contributed by atoms with Gasteiger partial charge in [-0.15, -0.1) is 0 Å². The molecule has 0 aromatic heterocycles. The second-order valence-electron chi connectivity index (χ2n) is 7.50. The molecule has 0 aliphatic heterocycles. The van der Waals surface area contributed by atoms with Crippen LogP contribution in [0.3, 0.4) is 0 Å². The van der Waals surface area contributed by atoms with Gasteiger partial charge < -0.3 is 0 Å². The van der Waals surface area contributed by atoms with Crippen molar-refractivity contribution in [2.24, 2.45) is 0 Å². The van der Waals surface area contributed by atoms with Crippen LogP contribution in [0, 0.1) is 6.92 Å². The minimum Gasteiger partial charge on any atom is -0.0616 e. The quantitative estimate of drug-likeness (QED) is 0.288. The van der Waals surface area contributed by atoms with Gasteiger partial charge in [0.15, 0.2) is 0 Å². The third kappa shape index (κ3) is 2.04. The van der Waals surface area contributed by atoms with Gasteiger partial charge in [-0.1, -0.05) is 90.5 Å². The van der Waals surface area contributed by atoms with Gasteiger partial charge in [-0.25, -0.2) is 0 Å². The van der Waals surface area contributed by atoms with Crippen molar-refractivity contribution in [3.05, 3.63) is 96.6 Å². The number of hydrogen-bond acceptors (Lipinski definition) is 0. The van der Waals surface area contributed by atoms with Crippen molar-refractivity contribution in [1.29, 1.82) is 0 Å². The maximum Gasteiger partial charge on any atom is -0.00201 e. The van der Waals surface area contributed by atoms with E-state index in [0.29, 0.717) is 0 Å². The van der Waals surface area contributed by atoms with Gasteiger partial charge in [0.1, 0.15) is 0 Å². The van der Waals surface area contributed by atoms with Crippen LogP contribution < -0.4 is 0 Å². The molecule has 0 saturated carbocycles. The van der Waals surface area contributed by atoms with Gasteiger partial charge in [0, 0.05) is 0 Å². The monoisotopic (exact) mass is 342 g/mol. The highest BCUT2D eigenvalue weighted by molar-refractivity contribution is 6.18. The SMILES string of the molecule is Cc1ccc2cc(-c3ccc4c5c(cccc35)-c3ccccc3-4)ccc2c1. The van der Waals surface area contributed by atoms with Gasteiger partial charge in [0.05, 0.1) is 0 Å². The lowest BCUT2D eigenvalue weighted by molar-refractivity contribution is 1.51. The fourth-order valence-corrected chi connectivity index (χ4v) is 4.59. The van der Waals surface area contributed by atoms with Crippen molar-refractivity contribution in [3.8, 4) is 33.4 Å². The molecule has 0 amide bonds. The Bertz CT molecular complexity index is 1340. The molecule has 0 fully saturated rings. The molecule has 126 valence electrons. The van der Waals surface area contributed by atoms with Crippen LogP contribution in [-0.2, 0) is 0 Å². The molecule has 27 heavy (non-hydrogen) atoms. The van der Waals surface area contributed by atoms with Crippen molar-refractivity contribution < 1.29 is 0 Å². The average Bonchev–Trinajstić information content (AvgIpc) is 3.04. The van der Waals surface area contributed by atoms with Crippen molar-refractivity contribution in [2.45, 2.75) is 6.92 Å². The molecular weight excluding hydrogens is 324 g/mol. The van der Waals surface area contributed by atoms with E-state index in [4.69, 9.17) is 0 Å². The molecule has 0 heterocycles. The van der Waals surface area contributed by atoms with E-state index in [1.54, 1.807) is 0 Å². The molecule has 6 rings (SSSR count). The molecular formula is C27H18. The van der Waals surface area contributed by atoms with Crippen LogP contribution in [0.15, 0.2) is 91.0 Å². The highest BCUT2D eigenvalue weighted by atomic mass is 14.2. The molecule has 5 aromatic rings. The summed E-state index contributed by atoms with van der Waals surface area (Å²) in [7, 11) is 0. The van der Waals surface area contributed by atoms with Crippen LogP contribution in [0.5, 0.6) is 0 Å². The average molecular weight is 342 g/mol. The topological polar surface area (TPSA) is 0 Å². The highest BCUT2D eigenvalue weighted by Crippen LogP contribution is 2.49. The van der Waals surface area contributed by atoms with Gasteiger partial charge in [0.25, 0.3) is 0 Å². The van der Waals surface area contributed by atoms with E-state index in [2.05, 4.69) is 97.9 Å². The Kier molecular flexibility index (Phi) is 2.90. The molecule has 0 saturated heterocycles. The lowest BCUT2D eigenvalue weighted by Crippen LogP contribution is -1.84. The summed E-state index contributed by atoms with van der Waals surface area (Å²) >= 11 is 0. The first kappa shape index (κ1) is 14.8. The summed E-state index contributed by atoms with van der Waals surface area (Å²) in [5.74, 6) is 0. The lowest BCUT2D eigenvalue weighted by Gasteiger charge is -2.11. The zero-order valence-corrected chi connectivity index (χ0v) is 15.2. The van der Waals surface area contributed by atoms with Crippen molar-refractivity contribution >= 4 is 21.5 Å². The third-order valence-corrected chi connectivity index (χ3v) is 5.85. The molecule has 1 aliphatic carbocycles. The van der Waals surface area contributed by atoms with Gasteiger partial charge in [-0.3, -0.25) is 0 Å². The smallest absolute Gasteiger partial charge is 0.00201 e. The van der Waals surface area contributed by atoms with Crippen LogP contribution in [-0.4, -0.2) is 0 Å². The number of rotatable bonds is 1. The molecule has 0 N–H and O–H groups in total. The molecule has 0 nitrogen and oxygen atoms in total. The first-order chi connectivity index (χ1) is 13.3. The zero-order valence-electron chi connectivity index (χ0n) is 15.2. The summed E-state index contributed by atoms with van der Waals surface area (Å²) in [4.78, 5) is 0. The van der Waals surface area contributed by atoms with E-state index in [1.165, 1.54) is 60.5 Å². The predicted molar refractivity (Wildman–Crippen MR) is 116 cm³/mol. The van der Waals surface area contributed by atoms with Gasteiger partial charge in [0.2, 0.25) is 0 Å². The summed E-state index contributed by atoms with van der Waals surface area (Å²) in [5.41, 5.74) is 9.32. The molecule has 0 atom stereocenters. The summed E-state index contributed by atoms with van der Waals surface area (Å²) in [5, 5.41) is 5.33. The standard InChI is InChI=1S/C27H18/c1-17-9-10-19-16-20(12-11-18(19)15-17)21-13-14-26-23-6-3-2-5-22(23)25-8-4-7-24(21)27(25)26/h2-16H,1H3. The molecule has 0 bridgehead atoms. The second kappa shape index (κ2) is 5.31. The fraction of sp³-hybridized carbons (Fsp3) is 0.0370. The maximum atomic E-state index is 2.32. The van der Waals surface area contributed by atoms with E-state index in [1.807, 2.05) is 0 Å². The van der Waals surface area contributed by atoms with Crippen molar-refractivity contribution in [2.75, 3.05) is 0 Å². The predicted octanol–water partition coefficient (Wildman–Crippen LogP) is 7.62. The lowest BCUT2D eigenvalue weighted by atomic mass is 9.93. The number of fused-ring (bicyclic) bond motifs is 4. The Morgan fingerprint density at radius 1 is 0.481 bits per heavy atom. The Morgan fingerprint density at radius 3 is 2.00 bits per heavy atom. The maximum absolute atomic E-state index is 2.32. The van der Waals surface area contributed by atoms with E-state index in [0.717, 1.165) is 0 Å². The van der Waals surface area contributed by atoms with Crippen LogP contribution in [0.4, 0.5) is 0 Å². The summed E-state index contributed by atoms with van der Waals surface area (Å²) in [6.07, 6.45) is 0. The molecule has 0 radical (unpaired) electrons. The van der Waals surface area contributed by atoms with Crippen molar-refractivity contribution in [1.82, 2.24) is 0 Å². The molecule has 0 unspecified atom stereocenters. The van der Waals surface area contributed by atoms with E-state index in [9.17, 15) is 0 Å². The molecule has 0 heteroatoms. The number of hydrogen-bond donors (Lipinski definition) is 0. The molecule has 5 aromatic carbocycles. The minimum atomic E-state index is 1.28. The normalized spacial score (nSPS) is 11.9. The fourth-order valence-electron chi connectivity index (χ4n) is 4.59. The molecule has 1 aliphatic rings. The Labute approximate surface area is 158 Å². The number of benzene rings is 5. The first-order valence-electron chi connectivity index (χ1n) is 9.46. The largest absolute Gasteiger partial charge is 0.0616 e. The zero-order chi connectivity index (χ0) is 18.0. The first-order valence-corrected chi connectivity index (χ1v) is 9.46. The Morgan fingerprint density at radius 2 is 1.15 bits per heavy atom. The highest BCUT2D eigenvalue weighted by Gasteiger charge is 2.21. The van der Waals surface area contributed by atoms with Crippen LogP contribution in [0.1, 0.15) is 5.56 Å². The third-order valence-electron chi connectivity index (χ3n) is 5.85. The second-order valence-corrected chi connectivity index (χ2v) is 7.50. The van der Waals surface area contributed by atoms with Crippen LogP contribution in [0.25, 0.3) is 54.9 Å². The molecule has 0 spiro atoms. The van der Waals surface area contributed by atoms with Crippen molar-refractivity contribution in [3.63, 3.8) is 0 Å². The van der Waals surface area contributed by atoms with Gasteiger partial charge in [-0.2, -0.15) is 0 Å². The summed E-state index contributed by atoms with van der Waals surface area (Å²) in [6.45, 7) is 2.15.